The summed E-state index contributed by atoms with van der Waals surface area (Å²) in [5.41, 5.74) is 1.74. The number of nitrogens with zero attached hydrogens (tertiary/aromatic N) is 2. The molecule has 17 heavy (non-hydrogen) atoms. The first kappa shape index (κ1) is 12.3. The van der Waals surface area contributed by atoms with Gasteiger partial charge in [-0.3, -0.25) is 0 Å². The van der Waals surface area contributed by atoms with Gasteiger partial charge in [0.05, 0.1) is 5.88 Å². The quantitative estimate of drug-likeness (QED) is 0.801. The first-order valence-electron chi connectivity index (χ1n) is 5.01. The van der Waals surface area contributed by atoms with Gasteiger partial charge in [0, 0.05) is 21.9 Å². The number of benzene rings is 1. The van der Waals surface area contributed by atoms with Crippen molar-refractivity contribution in [2.45, 2.75) is 12.8 Å². The fourth-order valence-corrected chi connectivity index (χ4v) is 1.93. The van der Waals surface area contributed by atoms with E-state index in [2.05, 4.69) is 25.9 Å². The predicted molar refractivity (Wildman–Crippen MR) is 70.5 cm³/mol. The van der Waals surface area contributed by atoms with Gasteiger partial charge in [-0.25, -0.2) is 4.98 Å². The second-order valence-corrected chi connectivity index (χ2v) is 4.64. The summed E-state index contributed by atoms with van der Waals surface area (Å²) in [5.74, 6) is 1.10. The van der Waals surface area contributed by atoms with Gasteiger partial charge < -0.3 is 4.74 Å². The van der Waals surface area contributed by atoms with Crippen LogP contribution in [-0.2, 0) is 5.88 Å². The Bertz CT molecular complexity index is 534. The number of hydrogen-bond acceptors (Lipinski definition) is 3. The zero-order valence-corrected chi connectivity index (χ0v) is 11.5. The van der Waals surface area contributed by atoms with Crippen LogP contribution in [0.3, 0.4) is 0 Å². The van der Waals surface area contributed by atoms with Crippen molar-refractivity contribution in [3.8, 4) is 11.8 Å². The second kappa shape index (κ2) is 5.47. The maximum Gasteiger partial charge on any atom is 0.322 e. The smallest absolute Gasteiger partial charge is 0.322 e. The van der Waals surface area contributed by atoms with Gasteiger partial charge in [0.15, 0.2) is 0 Å². The molecule has 0 aliphatic carbocycles. The van der Waals surface area contributed by atoms with Crippen LogP contribution in [0.15, 0.2) is 34.9 Å². The van der Waals surface area contributed by atoms with Crippen molar-refractivity contribution >= 4 is 27.5 Å². The summed E-state index contributed by atoms with van der Waals surface area (Å²) in [6.45, 7) is 1.88. The number of halogens is 2. The highest BCUT2D eigenvalue weighted by atomic mass is 79.9. The Hall–Kier alpha value is -1.13. The Morgan fingerprint density at radius 3 is 2.88 bits per heavy atom. The third-order valence-corrected chi connectivity index (χ3v) is 2.99. The van der Waals surface area contributed by atoms with Gasteiger partial charge in [-0.15, -0.1) is 11.6 Å². The Kier molecular flexibility index (Phi) is 3.97. The van der Waals surface area contributed by atoms with E-state index in [1.165, 1.54) is 0 Å². The molecule has 0 spiro atoms. The molecular formula is C12H10BrClN2O. The summed E-state index contributed by atoms with van der Waals surface area (Å²) in [5, 5.41) is 0. The molecular weight excluding hydrogens is 304 g/mol. The van der Waals surface area contributed by atoms with Crippen LogP contribution < -0.4 is 4.74 Å². The van der Waals surface area contributed by atoms with Crippen LogP contribution in [0.2, 0.25) is 0 Å². The molecule has 88 valence electrons. The minimum Gasteiger partial charge on any atom is -0.424 e. The Labute approximate surface area is 113 Å². The molecule has 2 aromatic rings. The van der Waals surface area contributed by atoms with Crippen molar-refractivity contribution in [2.24, 2.45) is 0 Å². The first-order chi connectivity index (χ1) is 8.19. The fourth-order valence-electron chi connectivity index (χ4n) is 1.29. The van der Waals surface area contributed by atoms with Crippen LogP contribution in [0.25, 0.3) is 0 Å². The molecule has 0 fully saturated rings. The molecule has 0 aliphatic rings. The lowest BCUT2D eigenvalue weighted by molar-refractivity contribution is 0.439. The summed E-state index contributed by atoms with van der Waals surface area (Å²) in [7, 11) is 0. The number of ether oxygens (including phenoxy) is 1. The van der Waals surface area contributed by atoms with Crippen molar-refractivity contribution in [1.82, 2.24) is 9.97 Å². The average molecular weight is 314 g/mol. The monoisotopic (exact) mass is 312 g/mol. The van der Waals surface area contributed by atoms with E-state index in [1.54, 1.807) is 6.20 Å². The molecule has 0 saturated heterocycles. The zero-order chi connectivity index (χ0) is 12.3. The summed E-state index contributed by atoms with van der Waals surface area (Å²) in [6.07, 6.45) is 1.68. The molecule has 0 amide bonds. The van der Waals surface area contributed by atoms with Crippen LogP contribution in [0, 0.1) is 6.92 Å². The van der Waals surface area contributed by atoms with Gasteiger partial charge in [0.25, 0.3) is 0 Å². The zero-order valence-electron chi connectivity index (χ0n) is 9.15. The highest BCUT2D eigenvalue weighted by molar-refractivity contribution is 9.10. The van der Waals surface area contributed by atoms with Gasteiger partial charge >= 0.3 is 6.01 Å². The number of aryl methyl sites for hydroxylation is 1. The lowest BCUT2D eigenvalue weighted by Gasteiger charge is -2.06. The predicted octanol–water partition coefficient (Wildman–Crippen LogP) is 4.08. The Morgan fingerprint density at radius 1 is 1.41 bits per heavy atom. The van der Waals surface area contributed by atoms with Crippen LogP contribution in [0.4, 0.5) is 0 Å². The molecule has 0 atom stereocenters. The molecule has 0 aliphatic heterocycles. The molecule has 0 radical (unpaired) electrons. The van der Waals surface area contributed by atoms with E-state index in [0.29, 0.717) is 17.6 Å². The normalized spacial score (nSPS) is 10.3. The van der Waals surface area contributed by atoms with Crippen molar-refractivity contribution in [2.75, 3.05) is 0 Å². The third-order valence-electron chi connectivity index (χ3n) is 2.21. The largest absolute Gasteiger partial charge is 0.424 e. The van der Waals surface area contributed by atoms with Crippen LogP contribution in [0.5, 0.6) is 11.8 Å². The SMILES string of the molecule is Cc1nc(Oc2cccc(Br)c2)ncc1CCl. The molecule has 1 aromatic heterocycles. The third kappa shape index (κ3) is 3.17. The maximum atomic E-state index is 5.74. The summed E-state index contributed by atoms with van der Waals surface area (Å²) >= 11 is 9.11. The van der Waals surface area contributed by atoms with Gasteiger partial charge in [-0.2, -0.15) is 4.98 Å². The van der Waals surface area contributed by atoms with Gasteiger partial charge in [-0.05, 0) is 25.1 Å². The summed E-state index contributed by atoms with van der Waals surface area (Å²) in [6, 6.07) is 7.84. The average Bonchev–Trinajstić information content (AvgIpc) is 2.29. The number of aromatic nitrogens is 2. The number of rotatable bonds is 3. The maximum absolute atomic E-state index is 5.74. The Morgan fingerprint density at radius 2 is 2.24 bits per heavy atom. The van der Waals surface area contributed by atoms with Gasteiger partial charge in [0.1, 0.15) is 5.75 Å². The van der Waals surface area contributed by atoms with Crippen molar-refractivity contribution < 1.29 is 4.74 Å². The lowest BCUT2D eigenvalue weighted by Crippen LogP contribution is -1.97. The molecule has 1 heterocycles. The topological polar surface area (TPSA) is 35.0 Å². The van der Waals surface area contributed by atoms with Crippen LogP contribution >= 0.6 is 27.5 Å². The molecule has 5 heteroatoms. The highest BCUT2D eigenvalue weighted by Crippen LogP contribution is 2.22. The molecule has 0 bridgehead atoms. The molecule has 2 rings (SSSR count). The molecule has 0 saturated carbocycles. The summed E-state index contributed by atoms with van der Waals surface area (Å²) < 4.78 is 6.49. The molecule has 0 N–H and O–H groups in total. The van der Waals surface area contributed by atoms with Crippen LogP contribution in [-0.4, -0.2) is 9.97 Å². The fraction of sp³-hybridized carbons (Fsp3) is 0.167. The molecule has 1 aromatic carbocycles. The van der Waals surface area contributed by atoms with Crippen molar-refractivity contribution in [3.05, 3.63) is 46.2 Å². The minimum atomic E-state index is 0.328. The number of hydrogen-bond donors (Lipinski definition) is 0. The lowest BCUT2D eigenvalue weighted by atomic mass is 10.3. The van der Waals surface area contributed by atoms with E-state index in [4.69, 9.17) is 16.3 Å². The summed E-state index contributed by atoms with van der Waals surface area (Å²) in [4.78, 5) is 8.34. The van der Waals surface area contributed by atoms with E-state index < -0.39 is 0 Å². The van der Waals surface area contributed by atoms with Crippen LogP contribution in [0.1, 0.15) is 11.3 Å². The van der Waals surface area contributed by atoms with E-state index >= 15 is 0 Å². The van der Waals surface area contributed by atoms with E-state index in [0.717, 1.165) is 15.7 Å². The second-order valence-electron chi connectivity index (χ2n) is 3.46. The standard InChI is InChI=1S/C12H10BrClN2O/c1-8-9(6-14)7-15-12(16-8)17-11-4-2-3-10(13)5-11/h2-5,7H,6H2,1H3. The van der Waals surface area contributed by atoms with Crippen molar-refractivity contribution in [3.63, 3.8) is 0 Å². The Balaban J connectivity index is 2.22. The molecule has 3 nitrogen and oxygen atoms in total. The first-order valence-corrected chi connectivity index (χ1v) is 6.33. The molecule has 0 unspecified atom stereocenters. The van der Waals surface area contributed by atoms with Gasteiger partial charge in [0.2, 0.25) is 0 Å². The van der Waals surface area contributed by atoms with Gasteiger partial charge in [-0.1, -0.05) is 22.0 Å². The minimum absolute atomic E-state index is 0.328. The van der Waals surface area contributed by atoms with E-state index in [9.17, 15) is 0 Å². The van der Waals surface area contributed by atoms with E-state index in [-0.39, 0.29) is 0 Å². The van der Waals surface area contributed by atoms with E-state index in [1.807, 2.05) is 31.2 Å². The number of alkyl halides is 1. The highest BCUT2D eigenvalue weighted by Gasteiger charge is 2.04. The van der Waals surface area contributed by atoms with Crippen molar-refractivity contribution in [1.29, 1.82) is 0 Å².